The highest BCUT2D eigenvalue weighted by Gasteiger charge is 2.06. The van der Waals surface area contributed by atoms with E-state index < -0.39 is 0 Å². The molecule has 2 rings (SSSR count). The van der Waals surface area contributed by atoms with Crippen molar-refractivity contribution in [2.75, 3.05) is 0 Å². The van der Waals surface area contributed by atoms with Crippen LogP contribution in [0.25, 0.3) is 11.1 Å². The minimum absolute atomic E-state index is 0. The monoisotopic (exact) mass is 285 g/mol. The van der Waals surface area contributed by atoms with Crippen molar-refractivity contribution in [3.8, 4) is 11.1 Å². The first-order valence-electron chi connectivity index (χ1n) is 5.39. The van der Waals surface area contributed by atoms with Crippen LogP contribution in [0.2, 0.25) is 5.02 Å². The highest BCUT2D eigenvalue weighted by atomic mass is 35.5. The summed E-state index contributed by atoms with van der Waals surface area (Å²) in [6.45, 7) is 1.92. The molecule has 0 spiro atoms. The molecule has 0 aromatic heterocycles. The van der Waals surface area contributed by atoms with Gasteiger partial charge in [0.25, 0.3) is 0 Å². The summed E-state index contributed by atoms with van der Waals surface area (Å²) in [5.74, 6) is -0.291. The van der Waals surface area contributed by atoms with Crippen LogP contribution < -0.4 is 5.73 Å². The van der Waals surface area contributed by atoms with Gasteiger partial charge in [0.1, 0.15) is 5.82 Å². The predicted octanol–water partition coefficient (Wildman–Crippen LogP) is 4.59. The summed E-state index contributed by atoms with van der Waals surface area (Å²) >= 11 is 6.04. The van der Waals surface area contributed by atoms with Crippen molar-refractivity contribution in [3.05, 3.63) is 58.9 Å². The fourth-order valence-electron chi connectivity index (χ4n) is 1.68. The number of halogens is 3. The van der Waals surface area contributed by atoms with Crippen LogP contribution in [-0.2, 0) is 0 Å². The lowest BCUT2D eigenvalue weighted by Gasteiger charge is -2.08. The first-order valence-corrected chi connectivity index (χ1v) is 5.76. The molecule has 0 radical (unpaired) electrons. The lowest BCUT2D eigenvalue weighted by Crippen LogP contribution is -2.04. The van der Waals surface area contributed by atoms with E-state index >= 15 is 0 Å². The maximum absolute atomic E-state index is 13.2. The summed E-state index contributed by atoms with van der Waals surface area (Å²) in [4.78, 5) is 0. The Morgan fingerprint density at radius 3 is 2.28 bits per heavy atom. The van der Waals surface area contributed by atoms with Crippen molar-refractivity contribution in [1.82, 2.24) is 0 Å². The Morgan fingerprint density at radius 2 is 1.72 bits per heavy atom. The SMILES string of the molecule is CC(N)c1ccc(-c2cc(F)ccc2Cl)cc1.Cl. The molecule has 0 bridgehead atoms. The second kappa shape index (κ2) is 6.19. The summed E-state index contributed by atoms with van der Waals surface area (Å²) in [5, 5.41) is 0.542. The number of hydrogen-bond donors (Lipinski definition) is 1. The van der Waals surface area contributed by atoms with E-state index in [1.54, 1.807) is 6.07 Å². The molecule has 1 atom stereocenters. The number of benzene rings is 2. The van der Waals surface area contributed by atoms with Gasteiger partial charge in [-0.25, -0.2) is 4.39 Å². The van der Waals surface area contributed by atoms with Crippen LogP contribution in [0.4, 0.5) is 4.39 Å². The van der Waals surface area contributed by atoms with Gasteiger partial charge >= 0.3 is 0 Å². The molecule has 0 aliphatic rings. The van der Waals surface area contributed by atoms with E-state index in [9.17, 15) is 4.39 Å². The minimum Gasteiger partial charge on any atom is -0.324 e. The largest absolute Gasteiger partial charge is 0.324 e. The molecule has 0 saturated carbocycles. The summed E-state index contributed by atoms with van der Waals surface area (Å²) < 4.78 is 13.2. The van der Waals surface area contributed by atoms with E-state index in [1.807, 2.05) is 31.2 Å². The molecule has 2 aromatic carbocycles. The third kappa shape index (κ3) is 3.22. The van der Waals surface area contributed by atoms with Crippen LogP contribution in [-0.4, -0.2) is 0 Å². The van der Waals surface area contributed by atoms with Crippen molar-refractivity contribution in [1.29, 1.82) is 0 Å². The average molecular weight is 286 g/mol. The van der Waals surface area contributed by atoms with Crippen LogP contribution >= 0.6 is 24.0 Å². The standard InChI is InChI=1S/C14H13ClFN.ClH/c1-9(17)10-2-4-11(5-3-10)13-8-12(16)6-7-14(13)15;/h2-9H,17H2,1H3;1H. The van der Waals surface area contributed by atoms with Crippen LogP contribution in [0.15, 0.2) is 42.5 Å². The van der Waals surface area contributed by atoms with Crippen molar-refractivity contribution >= 4 is 24.0 Å². The van der Waals surface area contributed by atoms with Gasteiger partial charge in [0.05, 0.1) is 0 Å². The second-order valence-electron chi connectivity index (χ2n) is 4.03. The Kier molecular flexibility index (Phi) is 5.15. The Labute approximate surface area is 117 Å². The summed E-state index contributed by atoms with van der Waals surface area (Å²) in [6, 6.07) is 12.0. The lowest BCUT2D eigenvalue weighted by molar-refractivity contribution is 0.628. The predicted molar refractivity (Wildman–Crippen MR) is 76.7 cm³/mol. The molecule has 0 amide bonds. The highest BCUT2D eigenvalue weighted by Crippen LogP contribution is 2.29. The minimum atomic E-state index is -0.291. The number of nitrogens with two attached hydrogens (primary N) is 1. The normalized spacial score (nSPS) is 11.8. The lowest BCUT2D eigenvalue weighted by atomic mass is 10.0. The summed E-state index contributed by atoms with van der Waals surface area (Å²) in [5.41, 5.74) is 8.40. The molecule has 0 fully saturated rings. The molecule has 0 aliphatic heterocycles. The molecule has 1 unspecified atom stereocenters. The van der Waals surface area contributed by atoms with Gasteiger partial charge in [-0.3, -0.25) is 0 Å². The summed E-state index contributed by atoms with van der Waals surface area (Å²) in [6.07, 6.45) is 0. The first kappa shape index (κ1) is 15.0. The maximum atomic E-state index is 13.2. The van der Waals surface area contributed by atoms with Crippen molar-refractivity contribution < 1.29 is 4.39 Å². The van der Waals surface area contributed by atoms with Gasteiger partial charge in [-0.15, -0.1) is 12.4 Å². The van der Waals surface area contributed by atoms with Gasteiger partial charge in [-0.1, -0.05) is 35.9 Å². The topological polar surface area (TPSA) is 26.0 Å². The van der Waals surface area contributed by atoms with Gasteiger partial charge in [-0.05, 0) is 36.2 Å². The number of hydrogen-bond acceptors (Lipinski definition) is 1. The Hall–Kier alpha value is -1.09. The van der Waals surface area contributed by atoms with E-state index in [4.69, 9.17) is 17.3 Å². The quantitative estimate of drug-likeness (QED) is 0.858. The zero-order chi connectivity index (χ0) is 12.4. The van der Waals surface area contributed by atoms with E-state index in [1.165, 1.54) is 12.1 Å². The van der Waals surface area contributed by atoms with Gasteiger partial charge in [0.2, 0.25) is 0 Å². The first-order chi connectivity index (χ1) is 8.08. The van der Waals surface area contributed by atoms with Gasteiger partial charge in [-0.2, -0.15) is 0 Å². The molecule has 18 heavy (non-hydrogen) atoms. The molecule has 1 nitrogen and oxygen atoms in total. The number of rotatable bonds is 2. The van der Waals surface area contributed by atoms with Crippen LogP contribution in [0.3, 0.4) is 0 Å². The van der Waals surface area contributed by atoms with Crippen LogP contribution in [0, 0.1) is 5.82 Å². The molecule has 2 aromatic rings. The molecule has 4 heteroatoms. The molecule has 0 heterocycles. The van der Waals surface area contributed by atoms with E-state index in [0.29, 0.717) is 10.6 Å². The average Bonchev–Trinajstić information content (AvgIpc) is 2.32. The second-order valence-corrected chi connectivity index (χ2v) is 4.44. The fourth-order valence-corrected chi connectivity index (χ4v) is 1.91. The van der Waals surface area contributed by atoms with Crippen molar-refractivity contribution in [3.63, 3.8) is 0 Å². The van der Waals surface area contributed by atoms with E-state index in [-0.39, 0.29) is 24.3 Å². The van der Waals surface area contributed by atoms with E-state index in [2.05, 4.69) is 0 Å². The smallest absolute Gasteiger partial charge is 0.123 e. The zero-order valence-electron chi connectivity index (χ0n) is 9.86. The van der Waals surface area contributed by atoms with Gasteiger partial charge < -0.3 is 5.73 Å². The Balaban J connectivity index is 0.00000162. The van der Waals surface area contributed by atoms with E-state index in [0.717, 1.165) is 11.1 Å². The Bertz CT molecular complexity index is 524. The van der Waals surface area contributed by atoms with Crippen molar-refractivity contribution in [2.24, 2.45) is 5.73 Å². The van der Waals surface area contributed by atoms with Crippen molar-refractivity contribution in [2.45, 2.75) is 13.0 Å². The van der Waals surface area contributed by atoms with Gasteiger partial charge in [0.15, 0.2) is 0 Å². The van der Waals surface area contributed by atoms with Crippen LogP contribution in [0.5, 0.6) is 0 Å². The molecular weight excluding hydrogens is 272 g/mol. The third-order valence-corrected chi connectivity index (χ3v) is 3.01. The fraction of sp³-hybridized carbons (Fsp3) is 0.143. The molecule has 0 saturated heterocycles. The summed E-state index contributed by atoms with van der Waals surface area (Å²) in [7, 11) is 0. The molecular formula is C14H14Cl2FN. The zero-order valence-corrected chi connectivity index (χ0v) is 11.4. The molecule has 96 valence electrons. The van der Waals surface area contributed by atoms with Crippen LogP contribution in [0.1, 0.15) is 18.5 Å². The third-order valence-electron chi connectivity index (χ3n) is 2.68. The molecule has 2 N–H and O–H groups in total. The maximum Gasteiger partial charge on any atom is 0.123 e. The highest BCUT2D eigenvalue weighted by molar-refractivity contribution is 6.33. The van der Waals surface area contributed by atoms with Gasteiger partial charge in [0, 0.05) is 16.6 Å². The molecule has 0 aliphatic carbocycles. The Morgan fingerprint density at radius 1 is 1.11 bits per heavy atom.